The van der Waals surface area contributed by atoms with Gasteiger partial charge in [0.15, 0.2) is 0 Å². The van der Waals surface area contributed by atoms with Gasteiger partial charge in [0.05, 0.1) is 16.6 Å². The van der Waals surface area contributed by atoms with Crippen LogP contribution in [0.4, 0.5) is 5.69 Å². The van der Waals surface area contributed by atoms with E-state index < -0.39 is 4.92 Å². The van der Waals surface area contributed by atoms with Crippen LogP contribution in [0.5, 0.6) is 5.75 Å². The van der Waals surface area contributed by atoms with E-state index in [1.807, 2.05) is 0 Å². The minimum Gasteiger partial charge on any atom is -0.507 e. The Hall–Kier alpha value is -2.11. The number of nitrogens with one attached hydrogen (secondary N) is 1. The van der Waals surface area contributed by atoms with Gasteiger partial charge in [-0.1, -0.05) is 0 Å². The summed E-state index contributed by atoms with van der Waals surface area (Å²) in [5, 5.41) is 26.4. The molecule has 0 spiro atoms. The topological polar surface area (TPSA) is 113 Å². The number of benzene rings is 1. The zero-order valence-corrected chi connectivity index (χ0v) is 6.52. The van der Waals surface area contributed by atoms with Crippen molar-refractivity contribution >= 4 is 11.5 Å². The van der Waals surface area contributed by atoms with E-state index in [0.717, 1.165) is 6.07 Å². The first-order valence-electron chi connectivity index (χ1n) is 3.34. The molecule has 0 fully saturated rings. The van der Waals surface area contributed by atoms with E-state index in [9.17, 15) is 15.2 Å². The van der Waals surface area contributed by atoms with Crippen LogP contribution in [0.2, 0.25) is 0 Å². The first-order chi connectivity index (χ1) is 6.02. The number of nitro groups is 1. The largest absolute Gasteiger partial charge is 0.507 e. The molecule has 0 aliphatic heterocycles. The molecule has 0 bridgehead atoms. The van der Waals surface area contributed by atoms with E-state index in [2.05, 4.69) is 0 Å². The number of phenolic OH excluding ortho intramolecular Hbond substituents is 1. The predicted octanol–water partition coefficient (Wildman–Crippen LogP) is 0.584. The van der Waals surface area contributed by atoms with Crippen molar-refractivity contribution < 1.29 is 10.0 Å². The average molecular weight is 181 g/mol. The minimum atomic E-state index is -0.635. The number of nitro benzene ring substituents is 1. The molecule has 0 aliphatic carbocycles. The Balaban J connectivity index is 3.20. The normalized spacial score (nSPS) is 9.54. The van der Waals surface area contributed by atoms with E-state index >= 15 is 0 Å². The summed E-state index contributed by atoms with van der Waals surface area (Å²) in [7, 11) is 0. The minimum absolute atomic E-state index is 0.0885. The summed E-state index contributed by atoms with van der Waals surface area (Å²) in [5.74, 6) is -0.686. The van der Waals surface area contributed by atoms with Crippen molar-refractivity contribution in [1.29, 1.82) is 5.41 Å². The molecule has 0 atom stereocenters. The van der Waals surface area contributed by atoms with Gasteiger partial charge in [0.1, 0.15) is 11.6 Å². The van der Waals surface area contributed by atoms with E-state index in [-0.39, 0.29) is 22.8 Å². The van der Waals surface area contributed by atoms with Crippen molar-refractivity contribution in [3.05, 3.63) is 33.9 Å². The first-order valence-corrected chi connectivity index (χ1v) is 3.34. The first kappa shape index (κ1) is 8.98. The van der Waals surface area contributed by atoms with Crippen molar-refractivity contribution in [3.63, 3.8) is 0 Å². The molecule has 68 valence electrons. The molecule has 0 unspecified atom stereocenters. The van der Waals surface area contributed by atoms with Crippen molar-refractivity contribution in [3.8, 4) is 5.75 Å². The number of hydrogen-bond donors (Lipinski definition) is 3. The van der Waals surface area contributed by atoms with Gasteiger partial charge in [-0.15, -0.1) is 0 Å². The lowest BCUT2D eigenvalue weighted by Gasteiger charge is -2.00. The fourth-order valence-electron chi connectivity index (χ4n) is 0.861. The van der Waals surface area contributed by atoms with Gasteiger partial charge in [0.2, 0.25) is 0 Å². The number of rotatable bonds is 2. The Morgan fingerprint density at radius 3 is 2.62 bits per heavy atom. The number of nitrogens with two attached hydrogens (primary N) is 1. The number of phenols is 1. The van der Waals surface area contributed by atoms with Crippen molar-refractivity contribution in [2.45, 2.75) is 0 Å². The van der Waals surface area contributed by atoms with Crippen LogP contribution in [0.1, 0.15) is 5.56 Å². The van der Waals surface area contributed by atoms with Crippen LogP contribution in [0.3, 0.4) is 0 Å². The van der Waals surface area contributed by atoms with Crippen molar-refractivity contribution in [2.24, 2.45) is 5.73 Å². The number of nitrogen functional groups attached to an aromatic ring is 1. The van der Waals surface area contributed by atoms with Gasteiger partial charge in [-0.2, -0.15) is 0 Å². The third-order valence-corrected chi connectivity index (χ3v) is 1.48. The summed E-state index contributed by atoms with van der Waals surface area (Å²) in [5.41, 5.74) is 4.95. The summed E-state index contributed by atoms with van der Waals surface area (Å²) in [4.78, 5) is 9.61. The molecule has 6 nitrogen and oxygen atoms in total. The van der Waals surface area contributed by atoms with Gasteiger partial charge in [-0.05, 0) is 6.07 Å². The molecule has 0 radical (unpaired) electrons. The molecule has 0 amide bonds. The van der Waals surface area contributed by atoms with Crippen molar-refractivity contribution in [2.75, 3.05) is 0 Å². The Morgan fingerprint density at radius 1 is 1.62 bits per heavy atom. The Bertz CT molecular complexity index is 375. The lowest BCUT2D eigenvalue weighted by atomic mass is 10.1. The molecule has 0 heterocycles. The number of aromatic hydroxyl groups is 1. The summed E-state index contributed by atoms with van der Waals surface area (Å²) in [6.45, 7) is 0. The average Bonchev–Trinajstić information content (AvgIpc) is 2.03. The number of nitrogens with zero attached hydrogens (tertiary/aromatic N) is 1. The standard InChI is InChI=1S/C7H7N3O3/c8-7(9)5-2-1-4(10(12)13)3-6(5)11/h1-3,11H,(H3,8,9). The van der Waals surface area contributed by atoms with Gasteiger partial charge in [0.25, 0.3) is 5.69 Å². The maximum Gasteiger partial charge on any atom is 0.273 e. The number of non-ortho nitro benzene ring substituents is 1. The molecule has 1 aromatic carbocycles. The van der Waals surface area contributed by atoms with Crippen LogP contribution in [0.15, 0.2) is 18.2 Å². The molecule has 0 saturated carbocycles. The Morgan fingerprint density at radius 2 is 2.23 bits per heavy atom. The molecule has 1 aromatic rings. The second-order valence-electron chi connectivity index (χ2n) is 2.37. The Labute approximate surface area is 73.3 Å². The second kappa shape index (κ2) is 3.10. The molecule has 0 aliphatic rings. The van der Waals surface area contributed by atoms with Gasteiger partial charge >= 0.3 is 0 Å². The number of hydrogen-bond acceptors (Lipinski definition) is 4. The third-order valence-electron chi connectivity index (χ3n) is 1.48. The fraction of sp³-hybridized carbons (Fsp3) is 0. The van der Waals surface area contributed by atoms with Gasteiger partial charge in [-0.25, -0.2) is 0 Å². The zero-order chi connectivity index (χ0) is 10.0. The summed E-state index contributed by atoms with van der Waals surface area (Å²) >= 11 is 0. The zero-order valence-electron chi connectivity index (χ0n) is 6.52. The molecule has 0 saturated heterocycles. The maximum atomic E-state index is 10.2. The highest BCUT2D eigenvalue weighted by atomic mass is 16.6. The van der Waals surface area contributed by atoms with E-state index in [1.54, 1.807) is 0 Å². The lowest BCUT2D eigenvalue weighted by molar-refractivity contribution is -0.384. The molecule has 4 N–H and O–H groups in total. The van der Waals surface area contributed by atoms with Crippen molar-refractivity contribution in [1.82, 2.24) is 0 Å². The summed E-state index contributed by atoms with van der Waals surface area (Å²) < 4.78 is 0. The lowest BCUT2D eigenvalue weighted by Crippen LogP contribution is -2.11. The van der Waals surface area contributed by atoms with Crippen LogP contribution in [0, 0.1) is 15.5 Å². The molecular formula is C7H7N3O3. The SMILES string of the molecule is N=C(N)c1ccc([N+](=O)[O-])cc1O. The van der Waals surface area contributed by atoms with Crippen LogP contribution in [-0.4, -0.2) is 15.9 Å². The molecule has 0 aromatic heterocycles. The van der Waals surface area contributed by atoms with E-state index in [1.165, 1.54) is 12.1 Å². The van der Waals surface area contributed by atoms with Crippen LogP contribution in [-0.2, 0) is 0 Å². The number of amidine groups is 1. The molecule has 1 rings (SSSR count). The smallest absolute Gasteiger partial charge is 0.273 e. The van der Waals surface area contributed by atoms with Gasteiger partial charge in [-0.3, -0.25) is 15.5 Å². The monoisotopic (exact) mass is 181 g/mol. The molecular weight excluding hydrogens is 174 g/mol. The Kier molecular flexibility index (Phi) is 2.14. The maximum absolute atomic E-state index is 10.2. The van der Waals surface area contributed by atoms with E-state index in [0.29, 0.717) is 0 Å². The molecule has 6 heteroatoms. The highest BCUT2D eigenvalue weighted by molar-refractivity contribution is 5.97. The quantitative estimate of drug-likeness (QED) is 0.268. The second-order valence-corrected chi connectivity index (χ2v) is 2.37. The van der Waals surface area contributed by atoms with Crippen LogP contribution < -0.4 is 5.73 Å². The van der Waals surface area contributed by atoms with Crippen LogP contribution >= 0.6 is 0 Å². The van der Waals surface area contributed by atoms with Crippen LogP contribution in [0.25, 0.3) is 0 Å². The third kappa shape index (κ3) is 1.73. The summed E-state index contributed by atoms with van der Waals surface area (Å²) in [6.07, 6.45) is 0. The van der Waals surface area contributed by atoms with Gasteiger partial charge < -0.3 is 10.8 Å². The van der Waals surface area contributed by atoms with E-state index in [4.69, 9.17) is 11.1 Å². The highest BCUT2D eigenvalue weighted by Gasteiger charge is 2.10. The predicted molar refractivity (Wildman–Crippen MR) is 45.8 cm³/mol. The fourth-order valence-corrected chi connectivity index (χ4v) is 0.861. The molecule has 13 heavy (non-hydrogen) atoms. The highest BCUT2D eigenvalue weighted by Crippen LogP contribution is 2.22. The van der Waals surface area contributed by atoms with Gasteiger partial charge in [0, 0.05) is 6.07 Å². The summed E-state index contributed by atoms with van der Waals surface area (Å²) in [6, 6.07) is 3.36.